The summed E-state index contributed by atoms with van der Waals surface area (Å²) in [5, 5.41) is 1.28. The molecule has 1 aliphatic heterocycles. The summed E-state index contributed by atoms with van der Waals surface area (Å²) in [5.41, 5.74) is 1.18. The molecule has 0 amide bonds. The van der Waals surface area contributed by atoms with E-state index in [0.29, 0.717) is 21.7 Å². The van der Waals surface area contributed by atoms with Crippen LogP contribution in [0.5, 0.6) is 5.75 Å². The van der Waals surface area contributed by atoms with Crippen molar-refractivity contribution < 1.29 is 4.74 Å². The fraction of sp³-hybridized carbons (Fsp3) is 0.600. The second kappa shape index (κ2) is 5.90. The van der Waals surface area contributed by atoms with Crippen LogP contribution in [0.2, 0.25) is 10.0 Å². The van der Waals surface area contributed by atoms with E-state index >= 15 is 0 Å². The molecule has 2 nitrogen and oxygen atoms in total. The van der Waals surface area contributed by atoms with Gasteiger partial charge in [-0.2, -0.15) is 0 Å². The monoisotopic (exact) mass is 299 g/mol. The smallest absolute Gasteiger partial charge is 0.156 e. The normalized spacial score (nSPS) is 19.9. The van der Waals surface area contributed by atoms with Crippen LogP contribution >= 0.6 is 23.2 Å². The topological polar surface area (TPSA) is 12.5 Å². The predicted molar refractivity (Wildman–Crippen MR) is 79.2 cm³/mol. The molecule has 104 valence electrons. The fourth-order valence-electron chi connectivity index (χ4n) is 2.53. The number of hydrogen-bond donors (Lipinski definition) is 0. The summed E-state index contributed by atoms with van der Waals surface area (Å²) in [4.78, 5) is 2.44. The molecule has 1 heterocycles. The summed E-state index contributed by atoms with van der Waals surface area (Å²) in [6.45, 7) is 4.03. The van der Waals surface area contributed by atoms with Crippen LogP contribution in [0.25, 0.3) is 0 Å². The number of likely N-dealkylation sites (tertiary alicyclic amines) is 1. The van der Waals surface area contributed by atoms with Crippen molar-refractivity contribution in [2.24, 2.45) is 5.92 Å². The van der Waals surface area contributed by atoms with Gasteiger partial charge in [-0.25, -0.2) is 0 Å². The molecule has 0 spiro atoms. The van der Waals surface area contributed by atoms with Gasteiger partial charge in [0.1, 0.15) is 0 Å². The van der Waals surface area contributed by atoms with Crippen LogP contribution in [0.3, 0.4) is 0 Å². The van der Waals surface area contributed by atoms with Gasteiger partial charge in [-0.05, 0) is 62.4 Å². The summed E-state index contributed by atoms with van der Waals surface area (Å²) in [7, 11) is 0. The first-order chi connectivity index (χ1) is 9.22. The van der Waals surface area contributed by atoms with Crippen LogP contribution in [-0.2, 0) is 6.54 Å². The third-order valence-electron chi connectivity index (χ3n) is 3.82. The largest absolute Gasteiger partial charge is 0.490 e. The summed E-state index contributed by atoms with van der Waals surface area (Å²) < 4.78 is 5.74. The lowest BCUT2D eigenvalue weighted by atomic mass is 10.2. The molecule has 1 saturated carbocycles. The molecule has 0 atom stereocenters. The Balaban J connectivity index is 1.68. The Morgan fingerprint density at radius 3 is 2.32 bits per heavy atom. The van der Waals surface area contributed by atoms with Gasteiger partial charge in [-0.15, -0.1) is 0 Å². The van der Waals surface area contributed by atoms with Crippen molar-refractivity contribution in [3.8, 4) is 5.75 Å². The molecule has 0 bridgehead atoms. The highest BCUT2D eigenvalue weighted by molar-refractivity contribution is 6.37. The second-order valence-electron chi connectivity index (χ2n) is 5.63. The van der Waals surface area contributed by atoms with Crippen molar-refractivity contribution in [3.63, 3.8) is 0 Å². The van der Waals surface area contributed by atoms with Gasteiger partial charge in [-0.3, -0.25) is 4.90 Å². The zero-order chi connectivity index (χ0) is 13.2. The van der Waals surface area contributed by atoms with Gasteiger partial charge in [0.25, 0.3) is 0 Å². The van der Waals surface area contributed by atoms with Crippen molar-refractivity contribution in [2.75, 3.05) is 19.7 Å². The van der Waals surface area contributed by atoms with E-state index in [1.807, 2.05) is 12.1 Å². The van der Waals surface area contributed by atoms with Gasteiger partial charge < -0.3 is 4.74 Å². The Labute approximate surface area is 124 Å². The number of benzene rings is 1. The third-order valence-corrected chi connectivity index (χ3v) is 4.38. The van der Waals surface area contributed by atoms with E-state index in [0.717, 1.165) is 13.2 Å². The van der Waals surface area contributed by atoms with Gasteiger partial charge in [0.05, 0.1) is 16.7 Å². The van der Waals surface area contributed by atoms with E-state index in [4.69, 9.17) is 27.9 Å². The van der Waals surface area contributed by atoms with Crippen molar-refractivity contribution >= 4 is 23.2 Å². The highest BCUT2D eigenvalue weighted by Gasteiger charge is 2.23. The van der Waals surface area contributed by atoms with Crippen LogP contribution in [0.15, 0.2) is 12.1 Å². The fourth-order valence-corrected chi connectivity index (χ4v) is 3.17. The zero-order valence-corrected chi connectivity index (χ0v) is 12.5. The van der Waals surface area contributed by atoms with Crippen LogP contribution < -0.4 is 4.74 Å². The summed E-state index contributed by atoms with van der Waals surface area (Å²) >= 11 is 12.6. The third kappa shape index (κ3) is 3.56. The minimum Gasteiger partial charge on any atom is -0.490 e. The van der Waals surface area contributed by atoms with Gasteiger partial charge >= 0.3 is 0 Å². The van der Waals surface area contributed by atoms with Crippen molar-refractivity contribution in [1.29, 1.82) is 0 Å². The van der Waals surface area contributed by atoms with Crippen molar-refractivity contribution in [3.05, 3.63) is 27.7 Å². The Morgan fingerprint density at radius 1 is 1.11 bits per heavy atom. The number of nitrogens with zero attached hydrogens (tertiary/aromatic N) is 1. The molecular weight excluding hydrogens is 281 g/mol. The average Bonchev–Trinajstić information content (AvgIpc) is 3.05. The quantitative estimate of drug-likeness (QED) is 0.800. The zero-order valence-electron chi connectivity index (χ0n) is 11.0. The van der Waals surface area contributed by atoms with E-state index in [2.05, 4.69) is 4.90 Å². The molecule has 0 radical (unpaired) electrons. The molecule has 2 fully saturated rings. The number of hydrogen-bond acceptors (Lipinski definition) is 2. The van der Waals surface area contributed by atoms with E-state index in [1.165, 1.54) is 44.3 Å². The van der Waals surface area contributed by atoms with Crippen LogP contribution in [0, 0.1) is 5.92 Å². The molecule has 2 aliphatic rings. The van der Waals surface area contributed by atoms with Gasteiger partial charge in [-0.1, -0.05) is 23.2 Å². The van der Waals surface area contributed by atoms with Crippen molar-refractivity contribution in [2.45, 2.75) is 32.2 Å². The summed E-state index contributed by atoms with van der Waals surface area (Å²) in [6.07, 6.45) is 5.12. The van der Waals surface area contributed by atoms with E-state index in [1.54, 1.807) is 0 Å². The van der Waals surface area contributed by atoms with E-state index < -0.39 is 0 Å². The maximum absolute atomic E-state index is 6.30. The van der Waals surface area contributed by atoms with Crippen molar-refractivity contribution in [1.82, 2.24) is 4.90 Å². The number of ether oxygens (including phenoxy) is 1. The molecule has 0 unspecified atom stereocenters. The Morgan fingerprint density at radius 2 is 1.74 bits per heavy atom. The molecule has 19 heavy (non-hydrogen) atoms. The molecular formula is C15H19Cl2NO. The molecule has 0 aromatic heterocycles. The molecule has 1 aromatic carbocycles. The number of rotatable bonds is 5. The lowest BCUT2D eigenvalue weighted by Gasteiger charge is -2.16. The second-order valence-corrected chi connectivity index (χ2v) is 6.44. The average molecular weight is 300 g/mol. The Kier molecular flexibility index (Phi) is 4.21. The Bertz CT molecular complexity index is 430. The van der Waals surface area contributed by atoms with Gasteiger partial charge in [0.15, 0.2) is 5.75 Å². The Hall–Kier alpha value is -0.440. The molecule has 1 saturated heterocycles. The standard InChI is InChI=1S/C15H19Cl2NO/c16-13-7-12(9-18-5-1-2-6-18)8-14(17)15(13)19-10-11-3-4-11/h7-8,11H,1-6,9-10H2. The first-order valence-electron chi connectivity index (χ1n) is 7.05. The highest BCUT2D eigenvalue weighted by atomic mass is 35.5. The maximum Gasteiger partial charge on any atom is 0.156 e. The molecule has 4 heteroatoms. The van der Waals surface area contributed by atoms with Crippen LogP contribution in [-0.4, -0.2) is 24.6 Å². The SMILES string of the molecule is Clc1cc(CN2CCCC2)cc(Cl)c1OCC1CC1. The summed E-state index contributed by atoms with van der Waals surface area (Å²) in [5.74, 6) is 1.36. The van der Waals surface area contributed by atoms with E-state index in [9.17, 15) is 0 Å². The van der Waals surface area contributed by atoms with E-state index in [-0.39, 0.29) is 0 Å². The molecule has 3 rings (SSSR count). The molecule has 0 N–H and O–H groups in total. The van der Waals surface area contributed by atoms with Gasteiger partial charge in [0.2, 0.25) is 0 Å². The van der Waals surface area contributed by atoms with Crippen LogP contribution in [0.1, 0.15) is 31.2 Å². The predicted octanol–water partition coefficient (Wildman–Crippen LogP) is 4.38. The summed E-state index contributed by atoms with van der Waals surface area (Å²) in [6, 6.07) is 3.99. The minimum absolute atomic E-state index is 0.641. The lowest BCUT2D eigenvalue weighted by Crippen LogP contribution is -2.18. The lowest BCUT2D eigenvalue weighted by molar-refractivity contribution is 0.299. The van der Waals surface area contributed by atoms with Crippen LogP contribution in [0.4, 0.5) is 0 Å². The number of halogens is 2. The first-order valence-corrected chi connectivity index (χ1v) is 7.81. The highest BCUT2D eigenvalue weighted by Crippen LogP contribution is 2.37. The van der Waals surface area contributed by atoms with Gasteiger partial charge in [0, 0.05) is 6.54 Å². The maximum atomic E-state index is 6.30. The molecule has 1 aliphatic carbocycles. The minimum atomic E-state index is 0.641. The first kappa shape index (κ1) is 13.5. The molecule has 1 aromatic rings.